The second-order valence-electron chi connectivity index (χ2n) is 4.25. The number of nitrogen functional groups attached to an aromatic ring is 1. The molecule has 0 aliphatic carbocycles. The molecule has 0 fully saturated rings. The van der Waals surface area contributed by atoms with E-state index in [-0.39, 0.29) is 10.6 Å². The molecule has 0 atom stereocenters. The predicted octanol–water partition coefficient (Wildman–Crippen LogP) is 2.19. The van der Waals surface area contributed by atoms with Gasteiger partial charge in [0.25, 0.3) is 0 Å². The summed E-state index contributed by atoms with van der Waals surface area (Å²) in [7, 11) is -3.84. The summed E-state index contributed by atoms with van der Waals surface area (Å²) in [5.41, 5.74) is 7.50. The van der Waals surface area contributed by atoms with Crippen LogP contribution in [0.15, 0.2) is 47.4 Å². The molecule has 2 aromatic carbocycles. The fourth-order valence-corrected chi connectivity index (χ4v) is 3.66. The first-order valence-corrected chi connectivity index (χ1v) is 8.10. The van der Waals surface area contributed by atoms with Crippen molar-refractivity contribution >= 4 is 37.3 Å². The van der Waals surface area contributed by atoms with E-state index in [0.717, 1.165) is 10.2 Å². The lowest BCUT2D eigenvalue weighted by Crippen LogP contribution is -2.14. The van der Waals surface area contributed by atoms with Crippen LogP contribution in [0.3, 0.4) is 0 Å². The van der Waals surface area contributed by atoms with E-state index in [1.807, 2.05) is 24.3 Å². The van der Waals surface area contributed by atoms with Crippen LogP contribution in [0.5, 0.6) is 0 Å². The minimum atomic E-state index is -3.84. The van der Waals surface area contributed by atoms with E-state index in [0.29, 0.717) is 10.6 Å². The van der Waals surface area contributed by atoms with Crippen LogP contribution in [-0.4, -0.2) is 13.4 Å². The van der Waals surface area contributed by atoms with Gasteiger partial charge in [-0.2, -0.15) is 0 Å². The van der Waals surface area contributed by atoms with Crippen molar-refractivity contribution in [2.24, 2.45) is 5.14 Å². The minimum absolute atomic E-state index is 0.0748. The van der Waals surface area contributed by atoms with Gasteiger partial charge < -0.3 is 5.73 Å². The van der Waals surface area contributed by atoms with E-state index in [2.05, 4.69) is 4.98 Å². The summed E-state index contributed by atoms with van der Waals surface area (Å²) >= 11 is 1.46. The molecule has 3 aromatic rings. The molecule has 0 aliphatic rings. The van der Waals surface area contributed by atoms with Crippen LogP contribution < -0.4 is 10.9 Å². The van der Waals surface area contributed by atoms with E-state index in [1.54, 1.807) is 12.1 Å². The molecule has 0 saturated carbocycles. The van der Waals surface area contributed by atoms with E-state index < -0.39 is 10.0 Å². The average Bonchev–Trinajstić information content (AvgIpc) is 2.81. The smallest absolute Gasteiger partial charge is 0.240 e. The van der Waals surface area contributed by atoms with Crippen molar-refractivity contribution in [3.05, 3.63) is 42.5 Å². The number of nitrogens with zero attached hydrogens (tertiary/aromatic N) is 1. The number of hydrogen-bond acceptors (Lipinski definition) is 5. The Kier molecular flexibility index (Phi) is 2.97. The van der Waals surface area contributed by atoms with Crippen LogP contribution in [0.4, 0.5) is 5.69 Å². The highest BCUT2D eigenvalue weighted by Crippen LogP contribution is 2.35. The molecule has 0 spiro atoms. The zero-order chi connectivity index (χ0) is 14.3. The van der Waals surface area contributed by atoms with Crippen LogP contribution in [0.25, 0.3) is 20.8 Å². The van der Waals surface area contributed by atoms with Gasteiger partial charge in [0.15, 0.2) is 0 Å². The summed E-state index contributed by atoms with van der Waals surface area (Å²) in [6.45, 7) is 0. The number of thiazole rings is 1. The second kappa shape index (κ2) is 4.55. The van der Waals surface area contributed by atoms with Crippen molar-refractivity contribution in [3.8, 4) is 10.6 Å². The Bertz CT molecular complexity index is 868. The molecular formula is C13H11N3O2S2. The maximum atomic E-state index is 11.5. The van der Waals surface area contributed by atoms with Crippen molar-refractivity contribution in [1.82, 2.24) is 4.98 Å². The SMILES string of the molecule is Nc1c(-c2nc3ccccc3s2)cccc1S(N)(=O)=O. The van der Waals surface area contributed by atoms with Gasteiger partial charge in [-0.05, 0) is 24.3 Å². The van der Waals surface area contributed by atoms with Crippen LogP contribution in [-0.2, 0) is 10.0 Å². The Morgan fingerprint density at radius 1 is 1.05 bits per heavy atom. The lowest BCUT2D eigenvalue weighted by molar-refractivity contribution is 0.598. The fraction of sp³-hybridized carbons (Fsp3) is 0. The molecule has 3 rings (SSSR count). The molecule has 1 heterocycles. The van der Waals surface area contributed by atoms with Gasteiger partial charge in [-0.25, -0.2) is 18.5 Å². The summed E-state index contributed by atoms with van der Waals surface area (Å²) in [6, 6.07) is 12.4. The zero-order valence-electron chi connectivity index (χ0n) is 10.3. The highest BCUT2D eigenvalue weighted by Gasteiger charge is 2.17. The maximum Gasteiger partial charge on any atom is 0.240 e. The van der Waals surface area contributed by atoms with E-state index in [1.165, 1.54) is 17.4 Å². The Labute approximate surface area is 119 Å². The summed E-state index contributed by atoms with van der Waals surface area (Å²) in [5.74, 6) is 0. The summed E-state index contributed by atoms with van der Waals surface area (Å²) in [6.07, 6.45) is 0. The largest absolute Gasteiger partial charge is 0.397 e. The van der Waals surface area contributed by atoms with Crippen molar-refractivity contribution < 1.29 is 8.42 Å². The summed E-state index contributed by atoms with van der Waals surface area (Å²) in [4.78, 5) is 4.40. The number of anilines is 1. The lowest BCUT2D eigenvalue weighted by atomic mass is 10.2. The minimum Gasteiger partial charge on any atom is -0.397 e. The Balaban J connectivity index is 2.24. The third-order valence-electron chi connectivity index (χ3n) is 2.90. The zero-order valence-corrected chi connectivity index (χ0v) is 11.9. The van der Waals surface area contributed by atoms with Crippen molar-refractivity contribution in [3.63, 3.8) is 0 Å². The number of aromatic nitrogens is 1. The van der Waals surface area contributed by atoms with Gasteiger partial charge in [0.05, 0.1) is 15.9 Å². The van der Waals surface area contributed by atoms with E-state index in [9.17, 15) is 8.42 Å². The third kappa shape index (κ3) is 2.15. The average molecular weight is 305 g/mol. The number of benzene rings is 2. The van der Waals surface area contributed by atoms with Gasteiger partial charge in [0, 0.05) is 5.56 Å². The molecule has 0 saturated heterocycles. The fourth-order valence-electron chi connectivity index (χ4n) is 1.97. The van der Waals surface area contributed by atoms with Crippen molar-refractivity contribution in [2.75, 3.05) is 5.73 Å². The van der Waals surface area contributed by atoms with E-state index in [4.69, 9.17) is 10.9 Å². The van der Waals surface area contributed by atoms with E-state index >= 15 is 0 Å². The number of primary sulfonamides is 1. The molecule has 20 heavy (non-hydrogen) atoms. The summed E-state index contributed by atoms with van der Waals surface area (Å²) < 4.78 is 24.0. The molecule has 7 heteroatoms. The number of para-hydroxylation sites is 2. The quantitative estimate of drug-likeness (QED) is 0.709. The number of hydrogen-bond donors (Lipinski definition) is 2. The number of nitrogens with two attached hydrogens (primary N) is 2. The van der Waals surface area contributed by atoms with Gasteiger partial charge >= 0.3 is 0 Å². The normalized spacial score (nSPS) is 11.8. The van der Waals surface area contributed by atoms with Gasteiger partial charge in [0.1, 0.15) is 9.90 Å². The van der Waals surface area contributed by atoms with Crippen LogP contribution in [0.2, 0.25) is 0 Å². The molecule has 102 valence electrons. The highest BCUT2D eigenvalue weighted by molar-refractivity contribution is 7.89. The van der Waals surface area contributed by atoms with Crippen molar-refractivity contribution in [1.29, 1.82) is 0 Å². The van der Waals surface area contributed by atoms with Gasteiger partial charge in [-0.3, -0.25) is 0 Å². The molecule has 0 unspecified atom stereocenters. The molecule has 5 nitrogen and oxygen atoms in total. The first kappa shape index (κ1) is 13.0. The molecule has 0 aliphatic heterocycles. The molecule has 0 radical (unpaired) electrons. The summed E-state index contributed by atoms with van der Waals surface area (Å²) in [5, 5.41) is 5.83. The maximum absolute atomic E-state index is 11.5. The number of fused-ring (bicyclic) bond motifs is 1. The van der Waals surface area contributed by atoms with Gasteiger partial charge in [-0.1, -0.05) is 18.2 Å². The van der Waals surface area contributed by atoms with Gasteiger partial charge in [0.2, 0.25) is 10.0 Å². The Hall–Kier alpha value is -1.96. The van der Waals surface area contributed by atoms with Crippen LogP contribution in [0.1, 0.15) is 0 Å². The van der Waals surface area contributed by atoms with Crippen LogP contribution >= 0.6 is 11.3 Å². The van der Waals surface area contributed by atoms with Crippen molar-refractivity contribution in [2.45, 2.75) is 4.90 Å². The number of rotatable bonds is 2. The molecular weight excluding hydrogens is 294 g/mol. The highest BCUT2D eigenvalue weighted by atomic mass is 32.2. The lowest BCUT2D eigenvalue weighted by Gasteiger charge is -2.06. The monoisotopic (exact) mass is 305 g/mol. The standard InChI is InChI=1S/C13H11N3O2S2/c14-12-8(4-3-7-11(12)20(15,17)18)13-16-9-5-1-2-6-10(9)19-13/h1-7H,14H2,(H2,15,17,18). The Morgan fingerprint density at radius 2 is 1.80 bits per heavy atom. The Morgan fingerprint density at radius 3 is 2.50 bits per heavy atom. The number of sulfonamides is 1. The molecule has 4 N–H and O–H groups in total. The third-order valence-corrected chi connectivity index (χ3v) is 4.94. The topological polar surface area (TPSA) is 99.1 Å². The molecule has 1 aromatic heterocycles. The van der Waals surface area contributed by atoms with Gasteiger partial charge in [-0.15, -0.1) is 11.3 Å². The second-order valence-corrected chi connectivity index (χ2v) is 6.81. The first-order valence-electron chi connectivity index (χ1n) is 5.74. The predicted molar refractivity (Wildman–Crippen MR) is 80.8 cm³/mol. The molecule has 0 amide bonds. The first-order chi connectivity index (χ1) is 9.47. The van der Waals surface area contributed by atoms with Crippen LogP contribution in [0, 0.1) is 0 Å². The molecule has 0 bridgehead atoms.